The fourth-order valence-corrected chi connectivity index (χ4v) is 4.52. The fourth-order valence-electron chi connectivity index (χ4n) is 3.35. The zero-order chi connectivity index (χ0) is 21.3. The van der Waals surface area contributed by atoms with Crippen molar-refractivity contribution in [2.45, 2.75) is 24.7 Å². The number of fused-ring (bicyclic) bond motifs is 1. The molecule has 0 spiro atoms. The van der Waals surface area contributed by atoms with E-state index in [0.717, 1.165) is 11.3 Å². The number of nitrogens with one attached hydrogen (secondary N) is 2. The van der Waals surface area contributed by atoms with E-state index in [1.807, 2.05) is 24.3 Å². The Labute approximate surface area is 175 Å². The van der Waals surface area contributed by atoms with Gasteiger partial charge in [-0.15, -0.1) is 4.40 Å². The number of amides is 1. The number of nitrogens with zero attached hydrogens (tertiary/aromatic N) is 1. The van der Waals surface area contributed by atoms with Gasteiger partial charge in [-0.25, -0.2) is 0 Å². The zero-order valence-electron chi connectivity index (χ0n) is 16.6. The summed E-state index contributed by atoms with van der Waals surface area (Å²) in [7, 11) is -3.68. The molecule has 3 aromatic carbocycles. The smallest absolute Gasteiger partial charge is 0.285 e. The van der Waals surface area contributed by atoms with Crippen LogP contribution in [0.5, 0.6) is 0 Å². The predicted octanol–water partition coefficient (Wildman–Crippen LogP) is 4.62. The first-order valence-corrected chi connectivity index (χ1v) is 11.0. The topological polar surface area (TPSA) is 87.6 Å². The molecule has 6 nitrogen and oxygen atoms in total. The Balaban J connectivity index is 1.51. The molecule has 0 fully saturated rings. The van der Waals surface area contributed by atoms with Crippen molar-refractivity contribution in [2.75, 3.05) is 10.6 Å². The number of hydrogen-bond donors (Lipinski definition) is 2. The Morgan fingerprint density at radius 3 is 2.30 bits per heavy atom. The van der Waals surface area contributed by atoms with E-state index in [1.54, 1.807) is 42.5 Å². The molecule has 0 aromatic heterocycles. The van der Waals surface area contributed by atoms with Crippen molar-refractivity contribution in [1.29, 1.82) is 0 Å². The van der Waals surface area contributed by atoms with Crippen LogP contribution in [-0.2, 0) is 10.0 Å². The van der Waals surface area contributed by atoms with E-state index < -0.39 is 10.0 Å². The van der Waals surface area contributed by atoms with Crippen molar-refractivity contribution in [3.05, 3.63) is 89.5 Å². The summed E-state index contributed by atoms with van der Waals surface area (Å²) in [6, 6.07) is 21.2. The molecule has 0 atom stereocenters. The maximum absolute atomic E-state index is 12.7. The van der Waals surface area contributed by atoms with Crippen LogP contribution in [-0.4, -0.2) is 20.2 Å². The molecule has 0 aliphatic carbocycles. The average molecular weight is 420 g/mol. The van der Waals surface area contributed by atoms with Crippen LogP contribution in [0.2, 0.25) is 0 Å². The highest BCUT2D eigenvalue weighted by atomic mass is 32.2. The molecule has 4 rings (SSSR count). The number of carbonyl (C=O) groups excluding carboxylic acids is 1. The van der Waals surface area contributed by atoms with E-state index in [4.69, 9.17) is 0 Å². The molecule has 0 radical (unpaired) electrons. The van der Waals surface area contributed by atoms with Crippen LogP contribution in [0.1, 0.15) is 41.3 Å². The molecule has 7 heteroatoms. The monoisotopic (exact) mass is 419 g/mol. The number of anilines is 2. The number of para-hydroxylation sites is 1. The van der Waals surface area contributed by atoms with E-state index in [9.17, 15) is 13.2 Å². The maximum atomic E-state index is 12.7. The second-order valence-corrected chi connectivity index (χ2v) is 8.88. The van der Waals surface area contributed by atoms with Gasteiger partial charge in [0.2, 0.25) is 0 Å². The second kappa shape index (κ2) is 7.76. The summed E-state index contributed by atoms with van der Waals surface area (Å²) < 4.78 is 28.2. The Kier molecular flexibility index (Phi) is 5.13. The predicted molar refractivity (Wildman–Crippen MR) is 119 cm³/mol. The Hall–Kier alpha value is -3.45. The first-order chi connectivity index (χ1) is 14.3. The Morgan fingerprint density at radius 2 is 1.57 bits per heavy atom. The minimum absolute atomic E-state index is 0.187. The Bertz CT molecular complexity index is 1250. The Morgan fingerprint density at radius 1 is 0.900 bits per heavy atom. The third kappa shape index (κ3) is 3.84. The van der Waals surface area contributed by atoms with Gasteiger partial charge < -0.3 is 10.6 Å². The maximum Gasteiger partial charge on any atom is 0.285 e. The molecule has 0 saturated heterocycles. The highest BCUT2D eigenvalue weighted by Crippen LogP contribution is 2.27. The average Bonchev–Trinajstić information content (AvgIpc) is 2.99. The van der Waals surface area contributed by atoms with Crippen molar-refractivity contribution in [2.24, 2.45) is 4.40 Å². The van der Waals surface area contributed by atoms with Gasteiger partial charge in [0.05, 0.1) is 0 Å². The number of carbonyl (C=O) groups is 1. The first-order valence-electron chi connectivity index (χ1n) is 9.57. The molecule has 1 heterocycles. The van der Waals surface area contributed by atoms with Crippen molar-refractivity contribution >= 4 is 33.1 Å². The normalized spacial score (nSPS) is 14.2. The third-order valence-electron chi connectivity index (χ3n) is 4.87. The molecule has 152 valence electrons. The lowest BCUT2D eigenvalue weighted by Crippen LogP contribution is -2.14. The van der Waals surface area contributed by atoms with Gasteiger partial charge >= 0.3 is 0 Å². The largest absolute Gasteiger partial charge is 0.339 e. The van der Waals surface area contributed by atoms with Crippen molar-refractivity contribution < 1.29 is 13.2 Å². The quantitative estimate of drug-likeness (QED) is 0.646. The van der Waals surface area contributed by atoms with Crippen LogP contribution in [0, 0.1) is 0 Å². The standard InChI is InChI=1S/C23H21N3O3S/c1-15(2)18-7-3-5-9-20(18)25-23(27)16-11-13-17(14-12-16)24-22-19-8-4-6-10-21(19)30(28,29)26-22/h3-15H,1-2H3,(H,24,26)(H,25,27). The zero-order valence-corrected chi connectivity index (χ0v) is 17.4. The second-order valence-electron chi connectivity index (χ2n) is 7.31. The minimum Gasteiger partial charge on any atom is -0.339 e. The summed E-state index contributed by atoms with van der Waals surface area (Å²) in [5.41, 5.74) is 3.54. The van der Waals surface area contributed by atoms with Crippen LogP contribution < -0.4 is 10.6 Å². The molecule has 30 heavy (non-hydrogen) atoms. The van der Waals surface area contributed by atoms with E-state index in [2.05, 4.69) is 28.9 Å². The highest BCUT2D eigenvalue weighted by Gasteiger charge is 2.28. The van der Waals surface area contributed by atoms with E-state index in [-0.39, 0.29) is 16.6 Å². The van der Waals surface area contributed by atoms with E-state index >= 15 is 0 Å². The van der Waals surface area contributed by atoms with E-state index in [0.29, 0.717) is 22.7 Å². The lowest BCUT2D eigenvalue weighted by atomic mass is 10.0. The molecule has 1 aliphatic heterocycles. The van der Waals surface area contributed by atoms with E-state index in [1.165, 1.54) is 6.07 Å². The lowest BCUT2D eigenvalue weighted by Gasteiger charge is -2.14. The summed E-state index contributed by atoms with van der Waals surface area (Å²) in [4.78, 5) is 12.8. The van der Waals surface area contributed by atoms with Gasteiger partial charge in [0.15, 0.2) is 5.84 Å². The molecule has 2 N–H and O–H groups in total. The van der Waals surface area contributed by atoms with Gasteiger partial charge in [-0.3, -0.25) is 4.79 Å². The van der Waals surface area contributed by atoms with Crippen molar-refractivity contribution in [3.63, 3.8) is 0 Å². The summed E-state index contributed by atoms with van der Waals surface area (Å²) in [6.45, 7) is 4.16. The molecule has 3 aromatic rings. The summed E-state index contributed by atoms with van der Waals surface area (Å²) in [5, 5.41) is 5.99. The third-order valence-corrected chi connectivity index (χ3v) is 6.21. The van der Waals surface area contributed by atoms with Crippen molar-refractivity contribution in [3.8, 4) is 0 Å². The first kappa shape index (κ1) is 19.8. The SMILES string of the molecule is CC(C)c1ccccc1NC(=O)c1ccc(NC2=NS(=O)(=O)c3ccccc32)cc1. The van der Waals surface area contributed by atoms with Crippen LogP contribution in [0.3, 0.4) is 0 Å². The molecule has 0 saturated carbocycles. The van der Waals surface area contributed by atoms with Gasteiger partial charge in [-0.05, 0) is 53.9 Å². The number of sulfonamides is 1. The molecule has 1 amide bonds. The van der Waals surface area contributed by atoms with Gasteiger partial charge in [0.1, 0.15) is 4.90 Å². The highest BCUT2D eigenvalue weighted by molar-refractivity contribution is 7.90. The van der Waals surface area contributed by atoms with Crippen LogP contribution in [0.4, 0.5) is 11.4 Å². The van der Waals surface area contributed by atoms with Gasteiger partial charge in [0, 0.05) is 22.5 Å². The molecule has 0 unspecified atom stereocenters. The molecule has 0 bridgehead atoms. The van der Waals surface area contributed by atoms with Gasteiger partial charge in [0.25, 0.3) is 15.9 Å². The minimum atomic E-state index is -3.68. The number of benzene rings is 3. The van der Waals surface area contributed by atoms with Gasteiger partial charge in [-0.2, -0.15) is 8.42 Å². The number of amidine groups is 1. The number of hydrogen-bond acceptors (Lipinski definition) is 4. The summed E-state index contributed by atoms with van der Waals surface area (Å²) in [6.07, 6.45) is 0. The molecular formula is C23H21N3O3S. The molecular weight excluding hydrogens is 398 g/mol. The summed E-state index contributed by atoms with van der Waals surface area (Å²) >= 11 is 0. The van der Waals surface area contributed by atoms with Crippen molar-refractivity contribution in [1.82, 2.24) is 0 Å². The van der Waals surface area contributed by atoms with Crippen LogP contribution in [0.15, 0.2) is 82.1 Å². The lowest BCUT2D eigenvalue weighted by molar-refractivity contribution is 0.102. The summed E-state index contributed by atoms with van der Waals surface area (Å²) in [5.74, 6) is 0.355. The number of rotatable bonds is 4. The van der Waals surface area contributed by atoms with Gasteiger partial charge in [-0.1, -0.05) is 44.2 Å². The van der Waals surface area contributed by atoms with Crippen LogP contribution >= 0.6 is 0 Å². The molecule has 1 aliphatic rings. The fraction of sp³-hybridized carbons (Fsp3) is 0.130. The van der Waals surface area contributed by atoms with Crippen LogP contribution in [0.25, 0.3) is 0 Å².